The van der Waals surface area contributed by atoms with Crippen molar-refractivity contribution in [2.75, 3.05) is 10.6 Å². The molecule has 3 rings (SSSR count). The summed E-state index contributed by atoms with van der Waals surface area (Å²) < 4.78 is 0. The van der Waals surface area contributed by atoms with E-state index >= 15 is 0 Å². The van der Waals surface area contributed by atoms with Gasteiger partial charge in [0.2, 0.25) is 0 Å². The molecule has 0 aliphatic heterocycles. The molecule has 0 fully saturated rings. The highest BCUT2D eigenvalue weighted by Gasteiger charge is 2.13. The minimum Gasteiger partial charge on any atom is -0.331 e. The number of hydrogen-bond donors (Lipinski definition) is 2. The van der Waals surface area contributed by atoms with Crippen molar-refractivity contribution in [3.63, 3.8) is 0 Å². The second-order valence-electron chi connectivity index (χ2n) is 5.39. The van der Waals surface area contributed by atoms with Crippen molar-refractivity contribution in [3.05, 3.63) is 69.7 Å². The Morgan fingerprint density at radius 2 is 1.83 bits per heavy atom. The van der Waals surface area contributed by atoms with Crippen molar-refractivity contribution >= 4 is 45.4 Å². The summed E-state index contributed by atoms with van der Waals surface area (Å²) in [6.45, 7) is 3.94. The third kappa shape index (κ3) is 3.75. The molecule has 1 aromatic heterocycles. The maximum Gasteiger partial charge on any atom is 0.275 e. The van der Waals surface area contributed by atoms with Crippen LogP contribution in [-0.2, 0) is 0 Å². The second kappa shape index (κ2) is 7.03. The van der Waals surface area contributed by atoms with Crippen LogP contribution < -0.4 is 10.6 Å². The number of thiazole rings is 1. The highest BCUT2D eigenvalue weighted by Crippen LogP contribution is 2.24. The van der Waals surface area contributed by atoms with E-state index in [0.717, 1.165) is 22.5 Å². The average molecular weight is 358 g/mol. The number of nitrogens with zero attached hydrogens (tertiary/aromatic N) is 1. The van der Waals surface area contributed by atoms with Crippen LogP contribution >= 0.6 is 22.9 Å². The van der Waals surface area contributed by atoms with Crippen molar-refractivity contribution in [2.24, 2.45) is 0 Å². The Hall–Kier alpha value is -2.37. The summed E-state index contributed by atoms with van der Waals surface area (Å²) in [5.74, 6) is -0.220. The predicted molar refractivity (Wildman–Crippen MR) is 101 cm³/mol. The summed E-state index contributed by atoms with van der Waals surface area (Å²) in [5.41, 5.74) is 4.09. The zero-order valence-electron chi connectivity index (χ0n) is 13.3. The third-order valence-electron chi connectivity index (χ3n) is 3.53. The van der Waals surface area contributed by atoms with Crippen LogP contribution in [0.4, 0.5) is 16.5 Å². The molecule has 6 heteroatoms. The van der Waals surface area contributed by atoms with Gasteiger partial charge in [0.1, 0.15) is 5.69 Å². The van der Waals surface area contributed by atoms with Crippen molar-refractivity contribution in [2.45, 2.75) is 13.8 Å². The summed E-state index contributed by atoms with van der Waals surface area (Å²) in [6.07, 6.45) is 0. The number of nitrogens with one attached hydrogen (secondary N) is 2. The van der Waals surface area contributed by atoms with E-state index in [1.807, 2.05) is 44.2 Å². The molecule has 0 atom stereocenters. The van der Waals surface area contributed by atoms with Gasteiger partial charge in [-0.3, -0.25) is 4.79 Å². The molecule has 0 aliphatic carbocycles. The van der Waals surface area contributed by atoms with Crippen molar-refractivity contribution in [3.8, 4) is 0 Å². The van der Waals surface area contributed by atoms with E-state index in [-0.39, 0.29) is 5.91 Å². The fourth-order valence-corrected chi connectivity index (χ4v) is 3.22. The number of rotatable bonds is 4. The second-order valence-corrected chi connectivity index (χ2v) is 6.69. The number of hydrogen-bond acceptors (Lipinski definition) is 4. The minimum atomic E-state index is -0.220. The number of aryl methyl sites for hydroxylation is 2. The number of benzene rings is 2. The number of anilines is 3. The first-order chi connectivity index (χ1) is 11.5. The summed E-state index contributed by atoms with van der Waals surface area (Å²) in [4.78, 5) is 16.8. The Morgan fingerprint density at radius 3 is 2.54 bits per heavy atom. The molecule has 122 valence electrons. The SMILES string of the molecule is Cc1cccc(C)c1NC(=O)c1csc(Nc2cccc(Cl)c2)n1. The Bertz CT molecular complexity index is 871. The molecule has 4 nitrogen and oxygen atoms in total. The molecule has 2 aromatic carbocycles. The molecule has 0 saturated heterocycles. The van der Waals surface area contributed by atoms with Crippen molar-refractivity contribution in [1.82, 2.24) is 4.98 Å². The number of carbonyl (C=O) groups excluding carboxylic acids is 1. The molecule has 0 aliphatic rings. The summed E-state index contributed by atoms with van der Waals surface area (Å²) >= 11 is 7.34. The summed E-state index contributed by atoms with van der Waals surface area (Å²) in [7, 11) is 0. The molecule has 0 radical (unpaired) electrons. The normalized spacial score (nSPS) is 10.5. The zero-order chi connectivity index (χ0) is 17.1. The number of para-hydroxylation sites is 1. The van der Waals surface area contributed by atoms with Gasteiger partial charge < -0.3 is 10.6 Å². The Labute approximate surface area is 149 Å². The van der Waals surface area contributed by atoms with Crippen LogP contribution in [-0.4, -0.2) is 10.9 Å². The number of amides is 1. The first-order valence-electron chi connectivity index (χ1n) is 7.38. The number of aromatic nitrogens is 1. The smallest absolute Gasteiger partial charge is 0.275 e. The van der Waals surface area contributed by atoms with E-state index in [0.29, 0.717) is 15.8 Å². The third-order valence-corrected chi connectivity index (χ3v) is 4.53. The van der Waals surface area contributed by atoms with Crippen LogP contribution in [0.5, 0.6) is 0 Å². The molecule has 1 heterocycles. The van der Waals surface area contributed by atoms with Crippen molar-refractivity contribution in [1.29, 1.82) is 0 Å². The van der Waals surface area contributed by atoms with Gasteiger partial charge in [-0.25, -0.2) is 4.98 Å². The standard InChI is InChI=1S/C18H16ClN3OS/c1-11-5-3-6-12(2)16(11)22-17(23)15-10-24-18(21-15)20-14-8-4-7-13(19)9-14/h3-10H,1-2H3,(H,20,21)(H,22,23). The van der Waals surface area contributed by atoms with Gasteiger partial charge in [-0.1, -0.05) is 35.9 Å². The quantitative estimate of drug-likeness (QED) is 0.656. The largest absolute Gasteiger partial charge is 0.331 e. The fourth-order valence-electron chi connectivity index (χ4n) is 2.31. The maximum atomic E-state index is 12.4. The molecule has 3 aromatic rings. The van der Waals surface area contributed by atoms with E-state index in [2.05, 4.69) is 15.6 Å². The lowest BCUT2D eigenvalue weighted by molar-refractivity contribution is 0.102. The van der Waals surface area contributed by atoms with Gasteiger partial charge >= 0.3 is 0 Å². The van der Waals surface area contributed by atoms with E-state index in [1.165, 1.54) is 11.3 Å². The van der Waals surface area contributed by atoms with Crippen LogP contribution in [0, 0.1) is 13.8 Å². The molecule has 1 amide bonds. The van der Waals surface area contributed by atoms with Crippen LogP contribution in [0.2, 0.25) is 5.02 Å². The van der Waals surface area contributed by atoms with Gasteiger partial charge in [-0.15, -0.1) is 11.3 Å². The van der Waals surface area contributed by atoms with Crippen LogP contribution in [0.25, 0.3) is 0 Å². The summed E-state index contributed by atoms with van der Waals surface area (Å²) in [5, 5.41) is 9.10. The van der Waals surface area contributed by atoms with Gasteiger partial charge in [-0.2, -0.15) is 0 Å². The number of carbonyl (C=O) groups is 1. The minimum absolute atomic E-state index is 0.220. The Morgan fingerprint density at radius 1 is 1.12 bits per heavy atom. The van der Waals surface area contributed by atoms with Gasteiger partial charge in [0, 0.05) is 21.8 Å². The molecule has 0 spiro atoms. The van der Waals surface area contributed by atoms with E-state index in [1.54, 1.807) is 17.5 Å². The van der Waals surface area contributed by atoms with Crippen LogP contribution in [0.1, 0.15) is 21.6 Å². The lowest BCUT2D eigenvalue weighted by Crippen LogP contribution is -2.14. The highest BCUT2D eigenvalue weighted by molar-refractivity contribution is 7.14. The topological polar surface area (TPSA) is 54.0 Å². The van der Waals surface area contributed by atoms with E-state index < -0.39 is 0 Å². The van der Waals surface area contributed by atoms with Gasteiger partial charge in [-0.05, 0) is 43.2 Å². The fraction of sp³-hybridized carbons (Fsp3) is 0.111. The first-order valence-corrected chi connectivity index (χ1v) is 8.64. The van der Waals surface area contributed by atoms with Crippen LogP contribution in [0.3, 0.4) is 0 Å². The molecule has 0 bridgehead atoms. The monoisotopic (exact) mass is 357 g/mol. The van der Waals surface area contributed by atoms with Crippen molar-refractivity contribution < 1.29 is 4.79 Å². The molecule has 2 N–H and O–H groups in total. The zero-order valence-corrected chi connectivity index (χ0v) is 14.8. The van der Waals surface area contributed by atoms with Gasteiger partial charge in [0.25, 0.3) is 5.91 Å². The summed E-state index contributed by atoms with van der Waals surface area (Å²) in [6, 6.07) is 13.3. The molecular formula is C18H16ClN3OS. The number of halogens is 1. The van der Waals surface area contributed by atoms with Gasteiger partial charge in [0.15, 0.2) is 5.13 Å². The average Bonchev–Trinajstić information content (AvgIpc) is 2.99. The van der Waals surface area contributed by atoms with Crippen LogP contribution in [0.15, 0.2) is 47.8 Å². The molecular weight excluding hydrogens is 342 g/mol. The molecule has 0 saturated carbocycles. The first kappa shape index (κ1) is 16.5. The predicted octanol–water partition coefficient (Wildman–Crippen LogP) is 5.41. The molecule has 0 unspecified atom stereocenters. The lowest BCUT2D eigenvalue weighted by Gasteiger charge is -2.10. The highest BCUT2D eigenvalue weighted by atomic mass is 35.5. The van der Waals surface area contributed by atoms with E-state index in [4.69, 9.17) is 11.6 Å². The van der Waals surface area contributed by atoms with E-state index in [9.17, 15) is 4.79 Å². The Kier molecular flexibility index (Phi) is 4.83. The Balaban J connectivity index is 1.74. The maximum absolute atomic E-state index is 12.4. The van der Waals surface area contributed by atoms with Gasteiger partial charge in [0.05, 0.1) is 0 Å². The molecule has 24 heavy (non-hydrogen) atoms. The lowest BCUT2D eigenvalue weighted by atomic mass is 10.1.